The lowest BCUT2D eigenvalue weighted by molar-refractivity contribution is -0.151. The van der Waals surface area contributed by atoms with Gasteiger partial charge in [0, 0.05) is 3.57 Å². The van der Waals surface area contributed by atoms with Crippen LogP contribution in [0.1, 0.15) is 19.3 Å². The van der Waals surface area contributed by atoms with E-state index in [0.29, 0.717) is 6.42 Å². The summed E-state index contributed by atoms with van der Waals surface area (Å²) in [5.74, 6) is -0.703. The number of hydrogen-bond acceptors (Lipinski definition) is 3. The quantitative estimate of drug-likeness (QED) is 0.492. The number of rotatable bonds is 4. The Labute approximate surface area is 131 Å². The first-order valence-corrected chi connectivity index (χ1v) is 7.60. The molecule has 1 aliphatic carbocycles. The molecule has 5 heteroatoms. The topological polar surface area (TPSA) is 55.4 Å². The minimum absolute atomic E-state index is 0.107. The molecule has 1 atom stereocenters. The molecule has 0 heterocycles. The van der Waals surface area contributed by atoms with E-state index in [1.54, 1.807) is 0 Å². The molecule has 4 nitrogen and oxygen atoms in total. The Morgan fingerprint density at radius 1 is 1.30 bits per heavy atom. The Morgan fingerprint density at radius 3 is 2.80 bits per heavy atom. The maximum atomic E-state index is 11.8. The third-order valence-electron chi connectivity index (χ3n) is 3.10. The molecule has 1 N–H and O–H groups in total. The summed E-state index contributed by atoms with van der Waals surface area (Å²) in [6, 6.07) is 7.45. The molecule has 1 amide bonds. The van der Waals surface area contributed by atoms with Crippen molar-refractivity contribution in [3.8, 4) is 0 Å². The van der Waals surface area contributed by atoms with Gasteiger partial charge in [0.2, 0.25) is 0 Å². The van der Waals surface area contributed by atoms with Crippen LogP contribution in [0.2, 0.25) is 0 Å². The average molecular weight is 385 g/mol. The van der Waals surface area contributed by atoms with E-state index in [0.717, 1.165) is 22.1 Å². The van der Waals surface area contributed by atoms with Crippen molar-refractivity contribution in [2.75, 3.05) is 11.9 Å². The SMILES string of the molecule is O=C(COC(=O)C1CC=CCC1)Nc1ccccc1I. The summed E-state index contributed by atoms with van der Waals surface area (Å²) < 4.78 is 6.01. The monoisotopic (exact) mass is 385 g/mol. The van der Waals surface area contributed by atoms with Crippen molar-refractivity contribution < 1.29 is 14.3 Å². The largest absolute Gasteiger partial charge is 0.455 e. The molecule has 1 aromatic carbocycles. The summed E-state index contributed by atoms with van der Waals surface area (Å²) >= 11 is 2.14. The maximum Gasteiger partial charge on any atom is 0.309 e. The predicted molar refractivity (Wildman–Crippen MR) is 85.2 cm³/mol. The van der Waals surface area contributed by atoms with Gasteiger partial charge >= 0.3 is 5.97 Å². The fourth-order valence-corrected chi connectivity index (χ4v) is 2.53. The summed E-state index contributed by atoms with van der Waals surface area (Å²) in [5.41, 5.74) is 0.731. The molecule has 0 aliphatic heterocycles. The number of anilines is 1. The third-order valence-corrected chi connectivity index (χ3v) is 4.04. The van der Waals surface area contributed by atoms with Crippen LogP contribution in [-0.2, 0) is 14.3 Å². The molecule has 1 aliphatic rings. The number of esters is 1. The van der Waals surface area contributed by atoms with E-state index in [4.69, 9.17) is 4.74 Å². The van der Waals surface area contributed by atoms with Crippen LogP contribution in [-0.4, -0.2) is 18.5 Å². The summed E-state index contributed by atoms with van der Waals surface area (Å²) in [6.45, 7) is -0.232. The van der Waals surface area contributed by atoms with Gasteiger partial charge in [0.05, 0.1) is 11.6 Å². The second-order valence-corrected chi connectivity index (χ2v) is 5.78. The Morgan fingerprint density at radius 2 is 2.10 bits per heavy atom. The van der Waals surface area contributed by atoms with Gasteiger partial charge in [-0.1, -0.05) is 24.3 Å². The second kappa shape index (κ2) is 7.42. The number of halogens is 1. The zero-order valence-electron chi connectivity index (χ0n) is 11.0. The van der Waals surface area contributed by atoms with Gasteiger partial charge < -0.3 is 10.1 Å². The first-order valence-electron chi connectivity index (χ1n) is 6.53. The highest BCUT2D eigenvalue weighted by atomic mass is 127. The minimum Gasteiger partial charge on any atom is -0.455 e. The Hall–Kier alpha value is -1.37. The van der Waals surface area contributed by atoms with E-state index in [1.165, 1.54) is 0 Å². The molecule has 106 valence electrons. The molecule has 2 rings (SSSR count). The van der Waals surface area contributed by atoms with Crippen molar-refractivity contribution in [2.45, 2.75) is 19.3 Å². The third kappa shape index (κ3) is 4.33. The van der Waals surface area contributed by atoms with E-state index in [1.807, 2.05) is 30.3 Å². The molecular weight excluding hydrogens is 369 g/mol. The first kappa shape index (κ1) is 15.0. The van der Waals surface area contributed by atoms with Crippen molar-refractivity contribution >= 4 is 40.2 Å². The lowest BCUT2D eigenvalue weighted by Gasteiger charge is -2.16. The summed E-state index contributed by atoms with van der Waals surface area (Å²) in [5, 5.41) is 2.73. The number of ether oxygens (including phenoxy) is 1. The summed E-state index contributed by atoms with van der Waals surface area (Å²) in [6.07, 6.45) is 6.45. The van der Waals surface area contributed by atoms with Crippen LogP contribution in [0.15, 0.2) is 36.4 Å². The smallest absolute Gasteiger partial charge is 0.309 e. The van der Waals surface area contributed by atoms with Crippen LogP contribution in [0.3, 0.4) is 0 Å². The molecule has 20 heavy (non-hydrogen) atoms. The van der Waals surface area contributed by atoms with Crippen LogP contribution < -0.4 is 5.32 Å². The van der Waals surface area contributed by atoms with E-state index in [9.17, 15) is 9.59 Å². The number of para-hydroxylation sites is 1. The number of nitrogens with one attached hydrogen (secondary N) is 1. The van der Waals surface area contributed by atoms with Gasteiger partial charge in [-0.2, -0.15) is 0 Å². The molecule has 0 saturated carbocycles. The molecule has 0 spiro atoms. The van der Waals surface area contributed by atoms with Gasteiger partial charge in [0.1, 0.15) is 0 Å². The number of amides is 1. The van der Waals surface area contributed by atoms with Crippen molar-refractivity contribution in [3.63, 3.8) is 0 Å². The lowest BCUT2D eigenvalue weighted by atomic mass is 9.95. The second-order valence-electron chi connectivity index (χ2n) is 4.62. The van der Waals surface area contributed by atoms with Crippen LogP contribution >= 0.6 is 22.6 Å². The van der Waals surface area contributed by atoms with Crippen molar-refractivity contribution in [3.05, 3.63) is 40.0 Å². The van der Waals surface area contributed by atoms with Crippen molar-refractivity contribution in [1.82, 2.24) is 0 Å². The highest BCUT2D eigenvalue weighted by Crippen LogP contribution is 2.20. The van der Waals surface area contributed by atoms with Gasteiger partial charge in [-0.3, -0.25) is 9.59 Å². The van der Waals surface area contributed by atoms with Crippen LogP contribution in [0, 0.1) is 9.49 Å². The molecular formula is C15H16INO3. The van der Waals surface area contributed by atoms with Gasteiger partial charge in [0.15, 0.2) is 6.61 Å². The highest BCUT2D eigenvalue weighted by Gasteiger charge is 2.21. The van der Waals surface area contributed by atoms with E-state index < -0.39 is 0 Å². The van der Waals surface area contributed by atoms with Gasteiger partial charge in [-0.15, -0.1) is 0 Å². The lowest BCUT2D eigenvalue weighted by Crippen LogP contribution is -2.25. The Balaban J connectivity index is 1.79. The number of hydrogen-bond donors (Lipinski definition) is 1. The number of carbonyl (C=O) groups is 2. The standard InChI is InChI=1S/C15H16INO3/c16-12-8-4-5-9-13(12)17-14(18)10-20-15(19)11-6-2-1-3-7-11/h1-2,4-5,8-9,11H,3,6-7,10H2,(H,17,18). The molecule has 1 unspecified atom stereocenters. The molecule has 1 aromatic rings. The zero-order valence-corrected chi connectivity index (χ0v) is 13.1. The van der Waals surface area contributed by atoms with E-state index in [-0.39, 0.29) is 24.4 Å². The predicted octanol–water partition coefficient (Wildman–Crippen LogP) is 3.13. The van der Waals surface area contributed by atoms with Crippen LogP contribution in [0.25, 0.3) is 0 Å². The highest BCUT2D eigenvalue weighted by molar-refractivity contribution is 14.1. The first-order chi connectivity index (χ1) is 9.66. The maximum absolute atomic E-state index is 11.8. The van der Waals surface area contributed by atoms with Crippen LogP contribution in [0.5, 0.6) is 0 Å². The molecule has 0 aromatic heterocycles. The van der Waals surface area contributed by atoms with Crippen LogP contribution in [0.4, 0.5) is 5.69 Å². The number of allylic oxidation sites excluding steroid dienone is 2. The summed E-state index contributed by atoms with van der Waals surface area (Å²) in [4.78, 5) is 23.5. The molecule has 0 fully saturated rings. The average Bonchev–Trinajstić information content (AvgIpc) is 2.48. The fourth-order valence-electron chi connectivity index (χ4n) is 2.01. The fraction of sp³-hybridized carbons (Fsp3) is 0.333. The molecule has 0 saturated heterocycles. The zero-order chi connectivity index (χ0) is 14.4. The number of benzene rings is 1. The Bertz CT molecular complexity index is 528. The Kier molecular flexibility index (Phi) is 5.58. The van der Waals surface area contributed by atoms with Gasteiger partial charge in [-0.05, 0) is 54.0 Å². The summed E-state index contributed by atoms with van der Waals surface area (Å²) in [7, 11) is 0. The van der Waals surface area contributed by atoms with Crippen molar-refractivity contribution in [2.24, 2.45) is 5.92 Å². The van der Waals surface area contributed by atoms with Gasteiger partial charge in [0.25, 0.3) is 5.91 Å². The molecule has 0 bridgehead atoms. The van der Waals surface area contributed by atoms with Crippen molar-refractivity contribution in [1.29, 1.82) is 0 Å². The minimum atomic E-state index is -0.311. The van der Waals surface area contributed by atoms with Gasteiger partial charge in [-0.25, -0.2) is 0 Å². The van der Waals surface area contributed by atoms with E-state index in [2.05, 4.69) is 34.0 Å². The number of carbonyl (C=O) groups excluding carboxylic acids is 2. The molecule has 0 radical (unpaired) electrons. The van der Waals surface area contributed by atoms with E-state index >= 15 is 0 Å². The normalized spacial score (nSPS) is 17.6.